The highest BCUT2D eigenvalue weighted by Crippen LogP contribution is 2.37. The van der Waals surface area contributed by atoms with E-state index >= 15 is 0 Å². The van der Waals surface area contributed by atoms with Crippen LogP contribution in [-0.4, -0.2) is 60.6 Å². The molecule has 3 aromatic heterocycles. The molecule has 0 aliphatic carbocycles. The highest BCUT2D eigenvalue weighted by atomic mass is 16.5. The molecule has 186 valence electrons. The number of hydrogen-bond acceptors (Lipinski definition) is 6. The Balaban J connectivity index is 1.37. The molecule has 5 heterocycles. The Morgan fingerprint density at radius 3 is 2.81 bits per heavy atom. The fraction of sp³-hybridized carbons (Fsp3) is 0.286. The summed E-state index contributed by atoms with van der Waals surface area (Å²) in [6, 6.07) is 16.1. The zero-order valence-corrected chi connectivity index (χ0v) is 20.4. The minimum Gasteiger partial charge on any atom is -0.489 e. The lowest BCUT2D eigenvalue weighted by Gasteiger charge is -2.31. The van der Waals surface area contributed by atoms with Crippen LogP contribution < -0.4 is 10.5 Å². The van der Waals surface area contributed by atoms with E-state index in [0.29, 0.717) is 37.6 Å². The molecule has 9 nitrogen and oxygen atoms in total. The van der Waals surface area contributed by atoms with Gasteiger partial charge in [0.2, 0.25) is 0 Å². The van der Waals surface area contributed by atoms with E-state index < -0.39 is 0 Å². The van der Waals surface area contributed by atoms with E-state index in [-0.39, 0.29) is 11.9 Å². The van der Waals surface area contributed by atoms with Crippen LogP contribution in [0.5, 0.6) is 5.75 Å². The van der Waals surface area contributed by atoms with Gasteiger partial charge >= 0.3 is 0 Å². The van der Waals surface area contributed by atoms with Crippen LogP contribution >= 0.6 is 0 Å². The van der Waals surface area contributed by atoms with Crippen LogP contribution in [0.1, 0.15) is 29.0 Å². The van der Waals surface area contributed by atoms with Crippen molar-refractivity contribution in [1.29, 1.82) is 0 Å². The van der Waals surface area contributed by atoms with Gasteiger partial charge in [0.25, 0.3) is 5.91 Å². The highest BCUT2D eigenvalue weighted by Gasteiger charge is 2.27. The molecule has 0 saturated carbocycles. The number of hydrogen-bond donors (Lipinski definition) is 1. The number of nitrogens with zero attached hydrogens (tertiary/aromatic N) is 6. The molecule has 0 unspecified atom stereocenters. The summed E-state index contributed by atoms with van der Waals surface area (Å²) < 4.78 is 10.5. The summed E-state index contributed by atoms with van der Waals surface area (Å²) in [4.78, 5) is 29.2. The molecule has 2 aromatic carbocycles. The van der Waals surface area contributed by atoms with Gasteiger partial charge in [0.05, 0.1) is 24.3 Å². The normalized spacial score (nSPS) is 17.3. The summed E-state index contributed by atoms with van der Waals surface area (Å²) >= 11 is 0. The average Bonchev–Trinajstić information content (AvgIpc) is 3.48. The number of fused-ring (bicyclic) bond motifs is 1. The molecule has 37 heavy (non-hydrogen) atoms. The van der Waals surface area contributed by atoms with Crippen LogP contribution in [0.3, 0.4) is 0 Å². The number of ether oxygens (including phenoxy) is 1. The van der Waals surface area contributed by atoms with E-state index in [0.717, 1.165) is 58.7 Å². The van der Waals surface area contributed by atoms with Gasteiger partial charge in [-0.25, -0.2) is 15.0 Å². The van der Waals surface area contributed by atoms with Crippen molar-refractivity contribution in [3.63, 3.8) is 0 Å². The summed E-state index contributed by atoms with van der Waals surface area (Å²) in [7, 11) is 0. The minimum absolute atomic E-state index is 0.0195. The van der Waals surface area contributed by atoms with E-state index in [2.05, 4.69) is 37.3 Å². The number of carbonyl (C=O) groups is 1. The summed E-state index contributed by atoms with van der Waals surface area (Å²) in [5, 5.41) is 1.12. The SMILES string of the molecule is N[C@@H]1CCCN(C(=O)c2cc3c4c(c2)nc(-c2cc5ccccc5n2Cc2ncccn2)n4CCO3)C1. The third kappa shape index (κ3) is 3.74. The second-order valence-electron chi connectivity index (χ2n) is 9.77. The van der Waals surface area contributed by atoms with E-state index in [1.807, 2.05) is 35.2 Å². The molecule has 9 heteroatoms. The molecule has 0 radical (unpaired) electrons. The third-order valence-electron chi connectivity index (χ3n) is 7.33. The smallest absolute Gasteiger partial charge is 0.254 e. The van der Waals surface area contributed by atoms with Crippen molar-refractivity contribution in [2.24, 2.45) is 5.73 Å². The second-order valence-corrected chi connectivity index (χ2v) is 9.77. The van der Waals surface area contributed by atoms with Crippen LogP contribution in [0.15, 0.2) is 60.9 Å². The van der Waals surface area contributed by atoms with Gasteiger partial charge in [0, 0.05) is 48.0 Å². The van der Waals surface area contributed by atoms with Crippen molar-refractivity contribution in [3.05, 3.63) is 72.3 Å². The first-order valence-corrected chi connectivity index (χ1v) is 12.7. The van der Waals surface area contributed by atoms with Gasteiger partial charge in [-0.05, 0) is 43.2 Å². The second kappa shape index (κ2) is 8.70. The van der Waals surface area contributed by atoms with Gasteiger partial charge in [-0.3, -0.25) is 4.79 Å². The van der Waals surface area contributed by atoms with Crippen LogP contribution in [0.25, 0.3) is 33.5 Å². The van der Waals surface area contributed by atoms with Gasteiger partial charge in [0.15, 0.2) is 5.82 Å². The Morgan fingerprint density at radius 1 is 1.08 bits per heavy atom. The maximum absolute atomic E-state index is 13.4. The molecule has 5 aromatic rings. The Hall–Kier alpha value is -4.24. The molecular weight excluding hydrogens is 466 g/mol. The average molecular weight is 494 g/mol. The zero-order valence-electron chi connectivity index (χ0n) is 20.4. The van der Waals surface area contributed by atoms with Gasteiger partial charge < -0.3 is 24.5 Å². The number of rotatable bonds is 4. The summed E-state index contributed by atoms with van der Waals surface area (Å²) in [5.74, 6) is 2.25. The fourth-order valence-corrected chi connectivity index (χ4v) is 5.62. The molecule has 2 aliphatic rings. The molecule has 1 atom stereocenters. The lowest BCUT2D eigenvalue weighted by Crippen LogP contribution is -2.45. The minimum atomic E-state index is -0.0195. The maximum Gasteiger partial charge on any atom is 0.254 e. The van der Waals surface area contributed by atoms with Crippen molar-refractivity contribution in [2.45, 2.75) is 32.0 Å². The van der Waals surface area contributed by atoms with Gasteiger partial charge in [-0.2, -0.15) is 0 Å². The van der Waals surface area contributed by atoms with E-state index in [4.69, 9.17) is 15.5 Å². The fourth-order valence-electron chi connectivity index (χ4n) is 5.62. The van der Waals surface area contributed by atoms with Crippen molar-refractivity contribution >= 4 is 27.8 Å². The quantitative estimate of drug-likeness (QED) is 0.411. The van der Waals surface area contributed by atoms with Crippen molar-refractivity contribution < 1.29 is 9.53 Å². The largest absolute Gasteiger partial charge is 0.489 e. The first-order valence-electron chi connectivity index (χ1n) is 12.7. The number of aromatic nitrogens is 5. The number of para-hydroxylation sites is 1. The molecule has 1 fully saturated rings. The molecule has 2 aliphatic heterocycles. The van der Waals surface area contributed by atoms with Crippen molar-refractivity contribution in [2.75, 3.05) is 19.7 Å². The molecule has 0 spiro atoms. The van der Waals surface area contributed by atoms with E-state index in [1.54, 1.807) is 12.4 Å². The number of likely N-dealkylation sites (tertiary alicyclic amines) is 1. The molecule has 2 N–H and O–H groups in total. The number of piperidine rings is 1. The van der Waals surface area contributed by atoms with Crippen molar-refractivity contribution in [3.8, 4) is 17.3 Å². The predicted molar refractivity (Wildman–Crippen MR) is 140 cm³/mol. The monoisotopic (exact) mass is 493 g/mol. The van der Waals surface area contributed by atoms with Crippen molar-refractivity contribution in [1.82, 2.24) is 29.0 Å². The summed E-state index contributed by atoms with van der Waals surface area (Å²) in [5.41, 5.74) is 10.5. The molecule has 7 rings (SSSR count). The third-order valence-corrected chi connectivity index (χ3v) is 7.33. The Morgan fingerprint density at radius 2 is 1.95 bits per heavy atom. The first-order chi connectivity index (χ1) is 18.2. The van der Waals surface area contributed by atoms with Crippen LogP contribution in [0.4, 0.5) is 0 Å². The Kier molecular flexibility index (Phi) is 5.17. The lowest BCUT2D eigenvalue weighted by atomic mass is 10.0. The molecule has 1 saturated heterocycles. The van der Waals surface area contributed by atoms with Crippen LogP contribution in [0, 0.1) is 0 Å². The molecule has 1 amide bonds. The maximum atomic E-state index is 13.4. The van der Waals surface area contributed by atoms with Gasteiger partial charge in [-0.1, -0.05) is 18.2 Å². The Bertz CT molecular complexity index is 1640. The number of amides is 1. The van der Waals surface area contributed by atoms with Crippen LogP contribution in [0.2, 0.25) is 0 Å². The van der Waals surface area contributed by atoms with Gasteiger partial charge in [0.1, 0.15) is 23.7 Å². The van der Waals surface area contributed by atoms with E-state index in [9.17, 15) is 4.79 Å². The molecular formula is C28H27N7O2. The Labute approximate surface area is 213 Å². The summed E-state index contributed by atoms with van der Waals surface area (Å²) in [6.45, 7) is 3.02. The van der Waals surface area contributed by atoms with Crippen LogP contribution in [-0.2, 0) is 13.1 Å². The number of carbonyl (C=O) groups excluding carboxylic acids is 1. The lowest BCUT2D eigenvalue weighted by molar-refractivity contribution is 0.0708. The van der Waals surface area contributed by atoms with E-state index in [1.165, 1.54) is 0 Å². The molecule has 0 bridgehead atoms. The van der Waals surface area contributed by atoms with Gasteiger partial charge in [-0.15, -0.1) is 0 Å². The number of benzene rings is 2. The zero-order chi connectivity index (χ0) is 24.9. The number of imidazole rings is 1. The first kappa shape index (κ1) is 22.0. The predicted octanol–water partition coefficient (Wildman–Crippen LogP) is 3.45. The standard InChI is InChI=1S/C28H27N7O2/c29-20-6-3-10-33(16-20)28(36)19-13-21-26-24(15-19)37-12-11-34(26)27(32-21)23-14-18-5-1-2-7-22(18)35(23)17-25-30-8-4-9-31-25/h1-2,4-5,7-9,13-15,20H,3,6,10-12,16-17,29H2/t20-/m1/s1. The summed E-state index contributed by atoms with van der Waals surface area (Å²) in [6.07, 6.45) is 5.40. The highest BCUT2D eigenvalue weighted by molar-refractivity contribution is 6.00. The topological polar surface area (TPSA) is 104 Å². The number of nitrogens with two attached hydrogens (primary N) is 1.